The maximum absolute atomic E-state index is 13.4. The molecule has 0 aliphatic heterocycles. The van der Waals surface area contributed by atoms with Crippen molar-refractivity contribution in [2.75, 3.05) is 11.5 Å². The van der Waals surface area contributed by atoms with E-state index in [4.69, 9.17) is 0 Å². The topological polar surface area (TPSA) is 63.2 Å². The van der Waals surface area contributed by atoms with Crippen LogP contribution in [-0.2, 0) is 14.6 Å². The molecule has 0 unspecified atom stereocenters. The Morgan fingerprint density at radius 2 is 2.00 bits per heavy atom. The van der Waals surface area contributed by atoms with Gasteiger partial charge in [-0.2, -0.15) is 0 Å². The largest absolute Gasteiger partial charge is 0.349 e. The molecule has 0 radical (unpaired) electrons. The Morgan fingerprint density at radius 3 is 2.53 bits per heavy atom. The normalized spacial score (nSPS) is 13.1. The zero-order chi connectivity index (χ0) is 14.6. The summed E-state index contributed by atoms with van der Waals surface area (Å²) < 4.78 is 48.7. The number of carbonyl (C=O) groups excluding carboxylic acids is 1. The van der Waals surface area contributed by atoms with Gasteiger partial charge in [0.05, 0.1) is 6.04 Å². The average molecular weight is 291 g/mol. The summed E-state index contributed by atoms with van der Waals surface area (Å²) in [5, 5.41) is 2.37. The molecule has 0 spiro atoms. The number of halogens is 2. The van der Waals surface area contributed by atoms with Gasteiger partial charge in [-0.05, 0) is 13.0 Å². The van der Waals surface area contributed by atoms with Gasteiger partial charge in [0.25, 0.3) is 0 Å². The third-order valence-electron chi connectivity index (χ3n) is 2.60. The highest BCUT2D eigenvalue weighted by atomic mass is 32.2. The number of hydrogen-bond acceptors (Lipinski definition) is 3. The van der Waals surface area contributed by atoms with Gasteiger partial charge >= 0.3 is 0 Å². The molecule has 4 nitrogen and oxygen atoms in total. The van der Waals surface area contributed by atoms with Gasteiger partial charge in [-0.15, -0.1) is 0 Å². The maximum Gasteiger partial charge on any atom is 0.235 e. The van der Waals surface area contributed by atoms with Crippen molar-refractivity contribution in [3.63, 3.8) is 0 Å². The molecule has 7 heteroatoms. The first-order valence-electron chi connectivity index (χ1n) is 5.70. The third-order valence-corrected chi connectivity index (χ3v) is 4.18. The summed E-state index contributed by atoms with van der Waals surface area (Å²) in [4.78, 5) is 11.5. The zero-order valence-corrected chi connectivity index (χ0v) is 11.4. The van der Waals surface area contributed by atoms with Crippen LogP contribution in [0, 0.1) is 11.6 Å². The Kier molecular flexibility index (Phi) is 4.99. The number of sulfone groups is 1. The van der Waals surface area contributed by atoms with Crippen molar-refractivity contribution in [1.29, 1.82) is 0 Å². The molecule has 1 atom stereocenters. The van der Waals surface area contributed by atoms with E-state index in [1.165, 1.54) is 19.9 Å². The standard InChI is InChI=1S/C12H15F2NO3S/c1-3-19(17,18)7-12(16)15-8(2)10-5-4-9(13)6-11(10)14/h4-6,8H,3,7H2,1-2H3,(H,15,16)/t8-/m0/s1. The van der Waals surface area contributed by atoms with Crippen molar-refractivity contribution in [3.8, 4) is 0 Å². The third kappa shape index (κ3) is 4.59. The number of hydrogen-bond donors (Lipinski definition) is 1. The minimum absolute atomic E-state index is 0.101. The molecule has 0 aromatic heterocycles. The molecule has 1 N–H and O–H groups in total. The summed E-state index contributed by atoms with van der Waals surface area (Å²) in [6, 6.07) is 2.26. The van der Waals surface area contributed by atoms with Crippen LogP contribution < -0.4 is 5.32 Å². The summed E-state index contributed by atoms with van der Waals surface area (Å²) in [7, 11) is -3.43. The van der Waals surface area contributed by atoms with E-state index in [9.17, 15) is 22.0 Å². The number of carbonyl (C=O) groups is 1. The maximum atomic E-state index is 13.4. The molecule has 1 aromatic carbocycles. The Bertz CT molecular complexity index is 572. The molecule has 0 aliphatic carbocycles. The molecular formula is C12H15F2NO3S. The van der Waals surface area contributed by atoms with E-state index in [1.54, 1.807) is 0 Å². The van der Waals surface area contributed by atoms with Crippen molar-refractivity contribution in [1.82, 2.24) is 5.32 Å². The van der Waals surface area contributed by atoms with Gasteiger partial charge in [0.15, 0.2) is 9.84 Å². The Balaban J connectivity index is 2.74. The summed E-state index contributed by atoms with van der Waals surface area (Å²) in [5.74, 6) is -2.99. The second-order valence-electron chi connectivity index (χ2n) is 4.13. The van der Waals surface area contributed by atoms with Crippen molar-refractivity contribution in [2.24, 2.45) is 0 Å². The van der Waals surface area contributed by atoms with Gasteiger partial charge in [-0.3, -0.25) is 4.79 Å². The molecule has 0 bridgehead atoms. The van der Waals surface area contributed by atoms with Gasteiger partial charge < -0.3 is 5.32 Å². The van der Waals surface area contributed by atoms with Gasteiger partial charge in [-0.25, -0.2) is 17.2 Å². The predicted octanol–water partition coefficient (Wildman–Crippen LogP) is 1.58. The monoisotopic (exact) mass is 291 g/mol. The molecule has 0 heterocycles. The van der Waals surface area contributed by atoms with Crippen LogP contribution in [0.15, 0.2) is 18.2 Å². The molecule has 1 amide bonds. The number of amides is 1. The lowest BCUT2D eigenvalue weighted by molar-refractivity contribution is -0.119. The van der Waals surface area contributed by atoms with Gasteiger partial charge in [0, 0.05) is 17.4 Å². The molecule has 1 rings (SSSR count). The lowest BCUT2D eigenvalue weighted by Crippen LogP contribution is -2.33. The highest BCUT2D eigenvalue weighted by Gasteiger charge is 2.18. The van der Waals surface area contributed by atoms with E-state index in [1.807, 2.05) is 0 Å². The molecule has 0 saturated heterocycles. The van der Waals surface area contributed by atoms with Gasteiger partial charge in [0.1, 0.15) is 17.4 Å². The first-order valence-corrected chi connectivity index (χ1v) is 7.52. The minimum Gasteiger partial charge on any atom is -0.349 e. The molecule has 0 saturated carbocycles. The Labute approximate surface area is 110 Å². The second kappa shape index (κ2) is 6.10. The smallest absolute Gasteiger partial charge is 0.235 e. The van der Waals surface area contributed by atoms with Crippen LogP contribution in [0.2, 0.25) is 0 Å². The van der Waals surface area contributed by atoms with Crippen LogP contribution in [0.5, 0.6) is 0 Å². The van der Waals surface area contributed by atoms with Crippen LogP contribution in [0.1, 0.15) is 25.5 Å². The first-order chi connectivity index (χ1) is 8.75. The number of benzene rings is 1. The molecule has 1 aromatic rings. The van der Waals surface area contributed by atoms with E-state index < -0.39 is 39.2 Å². The fraction of sp³-hybridized carbons (Fsp3) is 0.417. The molecule has 0 aliphatic rings. The first kappa shape index (κ1) is 15.6. The highest BCUT2D eigenvalue weighted by Crippen LogP contribution is 2.17. The highest BCUT2D eigenvalue weighted by molar-refractivity contribution is 7.92. The van der Waals surface area contributed by atoms with Gasteiger partial charge in [-0.1, -0.05) is 13.0 Å². The lowest BCUT2D eigenvalue weighted by atomic mass is 10.1. The molecular weight excluding hydrogens is 276 g/mol. The van der Waals surface area contributed by atoms with Crippen LogP contribution >= 0.6 is 0 Å². The van der Waals surface area contributed by atoms with E-state index in [-0.39, 0.29) is 11.3 Å². The predicted molar refractivity (Wildman–Crippen MR) is 67.2 cm³/mol. The quantitative estimate of drug-likeness (QED) is 0.896. The van der Waals surface area contributed by atoms with Crippen molar-refractivity contribution >= 4 is 15.7 Å². The van der Waals surface area contributed by atoms with E-state index in [0.717, 1.165) is 6.07 Å². The van der Waals surface area contributed by atoms with Crippen molar-refractivity contribution in [2.45, 2.75) is 19.9 Å². The fourth-order valence-electron chi connectivity index (χ4n) is 1.52. The molecule has 19 heavy (non-hydrogen) atoms. The summed E-state index contributed by atoms with van der Waals surface area (Å²) in [5.41, 5.74) is 0.101. The summed E-state index contributed by atoms with van der Waals surface area (Å²) >= 11 is 0. The van der Waals surface area contributed by atoms with Crippen LogP contribution in [-0.4, -0.2) is 25.8 Å². The second-order valence-corrected chi connectivity index (χ2v) is 6.48. The van der Waals surface area contributed by atoms with Crippen LogP contribution in [0.3, 0.4) is 0 Å². The number of nitrogens with one attached hydrogen (secondary N) is 1. The SMILES string of the molecule is CCS(=O)(=O)CC(=O)N[C@@H](C)c1ccc(F)cc1F. The average Bonchev–Trinajstić information content (AvgIpc) is 2.27. The molecule has 0 fully saturated rings. The fourth-order valence-corrected chi connectivity index (χ4v) is 2.20. The summed E-state index contributed by atoms with van der Waals surface area (Å²) in [6.45, 7) is 2.93. The molecule has 106 valence electrons. The van der Waals surface area contributed by atoms with E-state index >= 15 is 0 Å². The lowest BCUT2D eigenvalue weighted by Gasteiger charge is -2.15. The van der Waals surface area contributed by atoms with E-state index in [2.05, 4.69) is 5.32 Å². The Hall–Kier alpha value is -1.50. The van der Waals surface area contributed by atoms with Gasteiger partial charge in [0.2, 0.25) is 5.91 Å². The Morgan fingerprint density at radius 1 is 1.37 bits per heavy atom. The minimum atomic E-state index is -3.43. The number of rotatable bonds is 5. The van der Waals surface area contributed by atoms with Crippen molar-refractivity contribution in [3.05, 3.63) is 35.4 Å². The zero-order valence-electron chi connectivity index (χ0n) is 10.6. The summed E-state index contributed by atoms with van der Waals surface area (Å²) in [6.07, 6.45) is 0. The van der Waals surface area contributed by atoms with Crippen molar-refractivity contribution < 1.29 is 22.0 Å². The van der Waals surface area contributed by atoms with Crippen LogP contribution in [0.25, 0.3) is 0 Å². The van der Waals surface area contributed by atoms with E-state index in [0.29, 0.717) is 6.07 Å². The van der Waals surface area contributed by atoms with Crippen LogP contribution in [0.4, 0.5) is 8.78 Å².